The third-order valence-electron chi connectivity index (χ3n) is 3.67. The summed E-state index contributed by atoms with van der Waals surface area (Å²) in [5, 5.41) is 8.12. The van der Waals surface area contributed by atoms with Crippen LogP contribution >= 0.6 is 0 Å². The molecule has 2 rings (SSSR count). The van der Waals surface area contributed by atoms with Crippen LogP contribution in [0, 0.1) is 0 Å². The Hall–Kier alpha value is -3.39. The van der Waals surface area contributed by atoms with Gasteiger partial charge in [-0.3, -0.25) is 14.9 Å². The Kier molecular flexibility index (Phi) is 7.94. The normalized spacial score (nSPS) is 10.8. The van der Waals surface area contributed by atoms with Gasteiger partial charge in [-0.2, -0.15) is 0 Å². The Morgan fingerprint density at radius 3 is 2.00 bits per heavy atom. The Bertz CT molecular complexity index is 888. The number of amides is 3. The van der Waals surface area contributed by atoms with Crippen LogP contribution in [0.15, 0.2) is 48.5 Å². The summed E-state index contributed by atoms with van der Waals surface area (Å²) in [6.45, 7) is 5.32. The number of nitrogens with one attached hydrogen (secondary N) is 3. The molecule has 0 aliphatic rings. The van der Waals surface area contributed by atoms with Gasteiger partial charge in [0.15, 0.2) is 0 Å². The topological polar surface area (TPSA) is 106 Å². The van der Waals surface area contributed by atoms with Crippen molar-refractivity contribution in [2.75, 3.05) is 29.7 Å². The van der Waals surface area contributed by atoms with Crippen LogP contribution < -0.4 is 16.0 Å². The Balaban J connectivity index is 1.89. The fraction of sp³-hybridized carbons (Fsp3) is 0.318. The lowest BCUT2D eigenvalue weighted by molar-refractivity contribution is -0.119. The first kappa shape index (κ1) is 22.9. The molecule has 30 heavy (non-hydrogen) atoms. The highest BCUT2D eigenvalue weighted by Crippen LogP contribution is 2.17. The van der Waals surface area contributed by atoms with Gasteiger partial charge in [-0.25, -0.2) is 4.79 Å². The molecule has 0 heterocycles. The molecule has 0 bridgehead atoms. The summed E-state index contributed by atoms with van der Waals surface area (Å²) in [6.07, 6.45) is -0.377. The molecule has 0 aromatic heterocycles. The van der Waals surface area contributed by atoms with Crippen molar-refractivity contribution >= 4 is 35.0 Å². The summed E-state index contributed by atoms with van der Waals surface area (Å²) >= 11 is 0. The minimum Gasteiger partial charge on any atom is -0.444 e. The van der Waals surface area contributed by atoms with Crippen molar-refractivity contribution in [1.82, 2.24) is 0 Å². The van der Waals surface area contributed by atoms with Crippen molar-refractivity contribution in [3.05, 3.63) is 54.1 Å². The first-order chi connectivity index (χ1) is 14.1. The van der Waals surface area contributed by atoms with Crippen LogP contribution in [-0.2, 0) is 25.5 Å². The molecule has 2 aromatic rings. The van der Waals surface area contributed by atoms with Gasteiger partial charge in [-0.15, -0.1) is 0 Å². The van der Waals surface area contributed by atoms with Crippen LogP contribution in [0.5, 0.6) is 0 Å². The lowest BCUT2D eigenvalue weighted by atomic mass is 10.1. The molecular weight excluding hydrogens is 386 g/mol. The second kappa shape index (κ2) is 10.4. The van der Waals surface area contributed by atoms with Crippen LogP contribution in [-0.4, -0.2) is 37.2 Å². The maximum absolute atomic E-state index is 12.3. The zero-order chi connectivity index (χ0) is 22.1. The Morgan fingerprint density at radius 2 is 1.43 bits per heavy atom. The van der Waals surface area contributed by atoms with Gasteiger partial charge in [0, 0.05) is 24.2 Å². The molecule has 0 spiro atoms. The summed E-state index contributed by atoms with van der Waals surface area (Å²) in [6, 6.07) is 13.8. The van der Waals surface area contributed by atoms with E-state index in [1.54, 1.807) is 69.3 Å². The van der Waals surface area contributed by atoms with Gasteiger partial charge < -0.3 is 20.1 Å². The molecule has 3 amide bonds. The predicted molar refractivity (Wildman–Crippen MR) is 116 cm³/mol. The predicted octanol–water partition coefficient (Wildman–Crippen LogP) is 3.80. The number of rotatable bonds is 7. The van der Waals surface area contributed by atoms with E-state index in [1.807, 2.05) is 0 Å². The van der Waals surface area contributed by atoms with Crippen LogP contribution in [0.4, 0.5) is 21.9 Å². The van der Waals surface area contributed by atoms with E-state index in [4.69, 9.17) is 9.47 Å². The average molecular weight is 413 g/mol. The number of hydrogen-bond acceptors (Lipinski definition) is 5. The number of carbonyl (C=O) groups excluding carboxylic acids is 3. The van der Waals surface area contributed by atoms with Crippen molar-refractivity contribution in [3.63, 3.8) is 0 Å². The lowest BCUT2D eigenvalue weighted by Crippen LogP contribution is -2.27. The minimum atomic E-state index is -0.577. The van der Waals surface area contributed by atoms with Gasteiger partial charge in [0.1, 0.15) is 12.2 Å². The minimum absolute atomic E-state index is 0.0463. The second-order valence-electron chi connectivity index (χ2n) is 7.61. The highest BCUT2D eigenvalue weighted by Gasteiger charge is 2.16. The summed E-state index contributed by atoms with van der Waals surface area (Å²) in [5.74, 6) is -0.482. The molecule has 160 valence electrons. The maximum Gasteiger partial charge on any atom is 0.412 e. The summed E-state index contributed by atoms with van der Waals surface area (Å²) in [4.78, 5) is 35.7. The van der Waals surface area contributed by atoms with E-state index < -0.39 is 11.7 Å². The van der Waals surface area contributed by atoms with Gasteiger partial charge in [-0.1, -0.05) is 18.2 Å². The van der Waals surface area contributed by atoms with Crippen LogP contribution in [0.25, 0.3) is 0 Å². The van der Waals surface area contributed by atoms with Gasteiger partial charge in [-0.05, 0) is 56.7 Å². The fourth-order valence-corrected chi connectivity index (χ4v) is 2.52. The van der Waals surface area contributed by atoms with E-state index in [-0.39, 0.29) is 24.8 Å². The molecule has 8 nitrogen and oxygen atoms in total. The molecule has 0 atom stereocenters. The smallest absolute Gasteiger partial charge is 0.412 e. The van der Waals surface area contributed by atoms with E-state index >= 15 is 0 Å². The number of anilines is 3. The van der Waals surface area contributed by atoms with Crippen LogP contribution in [0.3, 0.4) is 0 Å². The van der Waals surface area contributed by atoms with Crippen LogP contribution in [0.2, 0.25) is 0 Å². The number of carbonyl (C=O) groups is 3. The molecule has 2 aromatic carbocycles. The molecule has 0 radical (unpaired) electrons. The van der Waals surface area contributed by atoms with Crippen molar-refractivity contribution < 1.29 is 23.9 Å². The van der Waals surface area contributed by atoms with Gasteiger partial charge in [0.25, 0.3) is 0 Å². The molecule has 0 fully saturated rings. The summed E-state index contributed by atoms with van der Waals surface area (Å²) in [5.41, 5.74) is 1.91. The molecule has 0 aliphatic carbocycles. The molecule has 0 unspecified atom stereocenters. The number of benzene rings is 2. The zero-order valence-electron chi connectivity index (χ0n) is 17.6. The molecule has 0 saturated carbocycles. The fourth-order valence-electron chi connectivity index (χ4n) is 2.52. The molecular formula is C22H27N3O5. The Morgan fingerprint density at radius 1 is 0.833 bits per heavy atom. The van der Waals surface area contributed by atoms with Crippen molar-refractivity contribution in [3.8, 4) is 0 Å². The van der Waals surface area contributed by atoms with E-state index in [2.05, 4.69) is 16.0 Å². The maximum atomic E-state index is 12.3. The van der Waals surface area contributed by atoms with Gasteiger partial charge in [0.2, 0.25) is 11.8 Å². The third kappa shape index (κ3) is 8.32. The van der Waals surface area contributed by atoms with Crippen molar-refractivity contribution in [1.29, 1.82) is 0 Å². The standard InChI is InChI=1S/C22H27N3O5/c1-22(2,3)30-21(28)25-16-10-8-15(9-11-16)12-19(26)23-17-6-5-7-18(13-17)24-20(27)14-29-4/h5-11,13H,12,14H2,1-4H3,(H,23,26)(H,24,27)(H,25,28). The summed E-state index contributed by atoms with van der Waals surface area (Å²) < 4.78 is 9.98. The largest absolute Gasteiger partial charge is 0.444 e. The molecule has 0 saturated heterocycles. The lowest BCUT2D eigenvalue weighted by Gasteiger charge is -2.19. The highest BCUT2D eigenvalue weighted by molar-refractivity contribution is 5.95. The first-order valence-electron chi connectivity index (χ1n) is 9.42. The average Bonchev–Trinajstić information content (AvgIpc) is 2.62. The third-order valence-corrected chi connectivity index (χ3v) is 3.67. The van der Waals surface area contributed by atoms with E-state index in [0.29, 0.717) is 17.1 Å². The molecule has 8 heteroatoms. The monoisotopic (exact) mass is 413 g/mol. The molecule has 3 N–H and O–H groups in total. The SMILES string of the molecule is COCC(=O)Nc1cccc(NC(=O)Cc2ccc(NC(=O)OC(C)(C)C)cc2)c1. The number of ether oxygens (including phenoxy) is 2. The second-order valence-corrected chi connectivity index (χ2v) is 7.61. The van der Waals surface area contributed by atoms with E-state index in [9.17, 15) is 14.4 Å². The first-order valence-corrected chi connectivity index (χ1v) is 9.42. The summed E-state index contributed by atoms with van der Waals surface area (Å²) in [7, 11) is 1.44. The quantitative estimate of drug-likeness (QED) is 0.640. The van der Waals surface area contributed by atoms with Gasteiger partial charge in [0.05, 0.1) is 6.42 Å². The van der Waals surface area contributed by atoms with Crippen molar-refractivity contribution in [2.45, 2.75) is 32.8 Å². The van der Waals surface area contributed by atoms with E-state index in [1.165, 1.54) is 7.11 Å². The number of hydrogen-bond donors (Lipinski definition) is 3. The van der Waals surface area contributed by atoms with E-state index in [0.717, 1.165) is 5.56 Å². The Labute approximate surface area is 175 Å². The highest BCUT2D eigenvalue weighted by atomic mass is 16.6. The molecule has 0 aliphatic heterocycles. The number of methoxy groups -OCH3 is 1. The van der Waals surface area contributed by atoms with Crippen LogP contribution in [0.1, 0.15) is 26.3 Å². The van der Waals surface area contributed by atoms with Crippen molar-refractivity contribution in [2.24, 2.45) is 0 Å². The zero-order valence-corrected chi connectivity index (χ0v) is 17.6. The van der Waals surface area contributed by atoms with Gasteiger partial charge >= 0.3 is 6.09 Å².